The van der Waals surface area contributed by atoms with Crippen molar-refractivity contribution < 1.29 is 17.9 Å². The summed E-state index contributed by atoms with van der Waals surface area (Å²) in [5.74, 6) is -0.255. The van der Waals surface area contributed by atoms with Gasteiger partial charge in [-0.15, -0.1) is 11.6 Å². The van der Waals surface area contributed by atoms with Crippen LogP contribution in [0.25, 0.3) is 0 Å². The smallest absolute Gasteiger partial charge is 0.306 e. The third kappa shape index (κ3) is 5.67. The number of rotatable bonds is 7. The van der Waals surface area contributed by atoms with Crippen molar-refractivity contribution in [2.45, 2.75) is 20.3 Å². The normalized spacial score (nSPS) is 12.1. The van der Waals surface area contributed by atoms with E-state index >= 15 is 0 Å². The molecule has 0 radical (unpaired) electrons. The second-order valence-electron chi connectivity index (χ2n) is 3.80. The summed E-state index contributed by atoms with van der Waals surface area (Å²) in [5.41, 5.74) is 0. The van der Waals surface area contributed by atoms with E-state index in [-0.39, 0.29) is 18.9 Å². The van der Waals surface area contributed by atoms with E-state index in [1.54, 1.807) is 0 Å². The van der Waals surface area contributed by atoms with Gasteiger partial charge in [0, 0.05) is 13.1 Å². The van der Waals surface area contributed by atoms with Crippen LogP contribution < -0.4 is 0 Å². The van der Waals surface area contributed by atoms with Gasteiger partial charge < -0.3 is 4.74 Å². The number of methoxy groups -OCH3 is 1. The van der Waals surface area contributed by atoms with Crippen LogP contribution >= 0.6 is 11.6 Å². The minimum Gasteiger partial charge on any atom is -0.469 e. The predicted molar refractivity (Wildman–Crippen MR) is 62.7 cm³/mol. The van der Waals surface area contributed by atoms with Crippen molar-refractivity contribution in [1.82, 2.24) is 4.31 Å². The van der Waals surface area contributed by atoms with Crippen molar-refractivity contribution in [3.8, 4) is 0 Å². The SMILES string of the molecule is COC(=O)CCN(CC(C)C)S(=O)(=O)CCl. The number of hydrogen-bond acceptors (Lipinski definition) is 4. The highest BCUT2D eigenvalue weighted by Crippen LogP contribution is 2.09. The Morgan fingerprint density at radius 2 is 2.00 bits per heavy atom. The van der Waals surface area contributed by atoms with Crippen molar-refractivity contribution in [1.29, 1.82) is 0 Å². The fraction of sp³-hybridized carbons (Fsp3) is 0.889. The highest BCUT2D eigenvalue weighted by molar-refractivity contribution is 7.90. The number of esters is 1. The van der Waals surface area contributed by atoms with Crippen molar-refractivity contribution in [2.24, 2.45) is 5.92 Å². The minimum atomic E-state index is -3.47. The average molecular weight is 272 g/mol. The number of ether oxygens (including phenoxy) is 1. The Balaban J connectivity index is 4.51. The zero-order chi connectivity index (χ0) is 12.8. The zero-order valence-electron chi connectivity index (χ0n) is 9.77. The van der Waals surface area contributed by atoms with E-state index in [9.17, 15) is 13.2 Å². The molecule has 5 nitrogen and oxygen atoms in total. The second kappa shape index (κ2) is 7.09. The molecule has 0 aromatic rings. The Bertz CT molecular complexity index is 315. The molecule has 0 saturated heterocycles. The maximum absolute atomic E-state index is 11.6. The van der Waals surface area contributed by atoms with Gasteiger partial charge >= 0.3 is 5.97 Å². The summed E-state index contributed by atoms with van der Waals surface area (Å²) in [4.78, 5) is 10.9. The molecule has 0 N–H and O–H groups in total. The molecule has 0 aliphatic rings. The summed E-state index contributed by atoms with van der Waals surface area (Å²) in [6.07, 6.45) is 0.0410. The molecule has 0 aliphatic carbocycles. The van der Waals surface area contributed by atoms with Gasteiger partial charge in [-0.05, 0) is 5.92 Å². The second-order valence-corrected chi connectivity index (χ2v) is 6.35. The summed E-state index contributed by atoms with van der Waals surface area (Å²) >= 11 is 5.37. The van der Waals surface area contributed by atoms with Gasteiger partial charge in [0.15, 0.2) is 0 Å². The molecule has 7 heteroatoms. The lowest BCUT2D eigenvalue weighted by atomic mass is 10.2. The molecule has 0 fully saturated rings. The summed E-state index contributed by atoms with van der Waals surface area (Å²) in [6, 6.07) is 0. The third-order valence-corrected chi connectivity index (χ3v) is 4.11. The number of nitrogens with zero attached hydrogens (tertiary/aromatic N) is 1. The lowest BCUT2D eigenvalue weighted by Gasteiger charge is -2.22. The molecule has 96 valence electrons. The minimum absolute atomic E-state index is 0.0410. The summed E-state index contributed by atoms with van der Waals surface area (Å²) in [6.45, 7) is 4.26. The lowest BCUT2D eigenvalue weighted by molar-refractivity contribution is -0.140. The number of alkyl halides is 1. The van der Waals surface area contributed by atoms with E-state index in [0.717, 1.165) is 0 Å². The Morgan fingerprint density at radius 1 is 1.44 bits per heavy atom. The first-order valence-corrected chi connectivity index (χ1v) is 7.08. The summed E-state index contributed by atoms with van der Waals surface area (Å²) in [5, 5.41) is -0.471. The molecule has 0 rings (SSSR count). The number of hydrogen-bond donors (Lipinski definition) is 0. The molecule has 0 heterocycles. The van der Waals surface area contributed by atoms with E-state index in [2.05, 4.69) is 4.74 Å². The van der Waals surface area contributed by atoms with Crippen LogP contribution in [0.4, 0.5) is 0 Å². The molecule has 0 saturated carbocycles. The van der Waals surface area contributed by atoms with Crippen LogP contribution in [0.1, 0.15) is 20.3 Å². The number of carbonyl (C=O) groups is 1. The monoisotopic (exact) mass is 271 g/mol. The van der Waals surface area contributed by atoms with Crippen LogP contribution in [0.5, 0.6) is 0 Å². The van der Waals surface area contributed by atoms with Crippen LogP contribution in [-0.4, -0.2) is 44.1 Å². The molecule has 0 atom stereocenters. The fourth-order valence-corrected chi connectivity index (χ4v) is 2.59. The van der Waals surface area contributed by atoms with E-state index in [1.165, 1.54) is 11.4 Å². The van der Waals surface area contributed by atoms with Gasteiger partial charge in [-0.1, -0.05) is 13.8 Å². The average Bonchev–Trinajstić information content (AvgIpc) is 2.22. The van der Waals surface area contributed by atoms with Gasteiger partial charge in [-0.25, -0.2) is 12.7 Å². The molecule has 16 heavy (non-hydrogen) atoms. The first-order valence-electron chi connectivity index (χ1n) is 4.94. The topological polar surface area (TPSA) is 63.7 Å². The van der Waals surface area contributed by atoms with Gasteiger partial charge in [-0.2, -0.15) is 0 Å². The lowest BCUT2D eigenvalue weighted by Crippen LogP contribution is -2.36. The third-order valence-electron chi connectivity index (χ3n) is 1.89. The standard InChI is InChI=1S/C9H18ClNO4S/c1-8(2)6-11(16(13,14)7-10)5-4-9(12)15-3/h8H,4-7H2,1-3H3. The number of halogens is 1. The van der Waals surface area contributed by atoms with Crippen LogP contribution in [0.2, 0.25) is 0 Å². The van der Waals surface area contributed by atoms with E-state index in [0.29, 0.717) is 6.54 Å². The van der Waals surface area contributed by atoms with Gasteiger partial charge in [-0.3, -0.25) is 4.79 Å². The predicted octanol–water partition coefficient (Wildman–Crippen LogP) is 1.03. The Labute approximate surface area is 102 Å². The largest absolute Gasteiger partial charge is 0.469 e. The van der Waals surface area contributed by atoms with Crippen LogP contribution in [0.3, 0.4) is 0 Å². The fourth-order valence-electron chi connectivity index (χ4n) is 1.14. The first-order chi connectivity index (χ1) is 7.33. The molecule has 0 spiro atoms. The van der Waals surface area contributed by atoms with Crippen LogP contribution in [-0.2, 0) is 19.6 Å². The molecule has 0 bridgehead atoms. The molecule has 0 aromatic carbocycles. The molecule has 0 aliphatic heterocycles. The van der Waals surface area contributed by atoms with Crippen molar-refractivity contribution in [2.75, 3.05) is 25.4 Å². The Kier molecular flexibility index (Phi) is 6.94. The Hall–Kier alpha value is -0.330. The van der Waals surface area contributed by atoms with E-state index in [4.69, 9.17) is 11.6 Å². The maximum Gasteiger partial charge on any atom is 0.306 e. The molecule has 0 amide bonds. The highest BCUT2D eigenvalue weighted by atomic mass is 35.5. The molecule has 0 aromatic heterocycles. The first kappa shape index (κ1) is 15.7. The number of carbonyl (C=O) groups excluding carboxylic acids is 1. The van der Waals surface area contributed by atoms with Crippen LogP contribution in [0.15, 0.2) is 0 Å². The van der Waals surface area contributed by atoms with Crippen molar-refractivity contribution in [3.63, 3.8) is 0 Å². The van der Waals surface area contributed by atoms with Crippen LogP contribution in [0, 0.1) is 5.92 Å². The van der Waals surface area contributed by atoms with Gasteiger partial charge in [0.1, 0.15) is 5.21 Å². The van der Waals surface area contributed by atoms with E-state index in [1.807, 2.05) is 13.8 Å². The van der Waals surface area contributed by atoms with E-state index < -0.39 is 21.2 Å². The van der Waals surface area contributed by atoms with Gasteiger partial charge in [0.25, 0.3) is 0 Å². The zero-order valence-corrected chi connectivity index (χ0v) is 11.3. The number of sulfonamides is 1. The molecule has 0 unspecified atom stereocenters. The van der Waals surface area contributed by atoms with Crippen molar-refractivity contribution in [3.05, 3.63) is 0 Å². The Morgan fingerprint density at radius 3 is 2.38 bits per heavy atom. The quantitative estimate of drug-likeness (QED) is 0.513. The van der Waals surface area contributed by atoms with Crippen molar-refractivity contribution >= 4 is 27.6 Å². The molecular weight excluding hydrogens is 254 g/mol. The van der Waals surface area contributed by atoms with Gasteiger partial charge in [0.05, 0.1) is 13.5 Å². The summed E-state index contributed by atoms with van der Waals surface area (Å²) < 4.78 is 28.8. The van der Waals surface area contributed by atoms with Gasteiger partial charge in [0.2, 0.25) is 10.0 Å². The molecular formula is C9H18ClNO4S. The maximum atomic E-state index is 11.6. The summed E-state index contributed by atoms with van der Waals surface area (Å²) in [7, 11) is -2.20. The highest BCUT2D eigenvalue weighted by Gasteiger charge is 2.22.